The monoisotopic (exact) mass is 280 g/mol. The van der Waals surface area contributed by atoms with Crippen molar-refractivity contribution in [2.24, 2.45) is 11.1 Å². The van der Waals surface area contributed by atoms with Gasteiger partial charge in [-0.15, -0.1) is 0 Å². The highest BCUT2D eigenvalue weighted by Gasteiger charge is 2.60. The van der Waals surface area contributed by atoms with Crippen molar-refractivity contribution < 1.29 is 9.90 Å². The summed E-state index contributed by atoms with van der Waals surface area (Å²) in [6.07, 6.45) is 2.40. The topological polar surface area (TPSA) is 87.1 Å². The second-order valence-corrected chi connectivity index (χ2v) is 5.25. The number of nitrogens with zero attached hydrogens (tertiary/aromatic N) is 1. The van der Waals surface area contributed by atoms with Crippen LogP contribution in [-0.4, -0.2) is 11.0 Å². The summed E-state index contributed by atoms with van der Waals surface area (Å²) < 4.78 is 0. The zero-order chi connectivity index (χ0) is 15.5. The van der Waals surface area contributed by atoms with Gasteiger partial charge in [0.2, 0.25) is 5.91 Å². The minimum absolute atomic E-state index is 0.450. The third kappa shape index (κ3) is 2.81. The molecule has 1 aliphatic rings. The number of nitriles is 1. The molecule has 1 fully saturated rings. The number of carbonyl (C=O) groups is 1. The van der Waals surface area contributed by atoms with E-state index in [2.05, 4.69) is 17.9 Å². The predicted octanol–water partition coefficient (Wildman–Crippen LogP) is 1.61. The third-order valence-electron chi connectivity index (χ3n) is 3.65. The summed E-state index contributed by atoms with van der Waals surface area (Å²) in [5, 5.41) is 20.4. The Morgan fingerprint density at radius 3 is 2.52 bits per heavy atom. The van der Waals surface area contributed by atoms with Gasteiger partial charge in [0, 0.05) is 11.6 Å². The zero-order valence-corrected chi connectivity index (χ0v) is 11.8. The molecule has 3 N–H and O–H groups in total. The number of hydrogen-bond acceptors (Lipinski definition) is 3. The van der Waals surface area contributed by atoms with E-state index in [-0.39, 0.29) is 0 Å². The van der Waals surface area contributed by atoms with Crippen LogP contribution in [0.3, 0.4) is 0 Å². The van der Waals surface area contributed by atoms with Gasteiger partial charge in [-0.05, 0) is 25.3 Å². The Bertz CT molecular complexity index is 685. The van der Waals surface area contributed by atoms with Crippen LogP contribution in [0.2, 0.25) is 0 Å². The number of allylic oxidation sites excluding steroid dienone is 1. The van der Waals surface area contributed by atoms with Gasteiger partial charge in [0.15, 0.2) is 5.60 Å². The molecule has 0 saturated heterocycles. The Balaban J connectivity index is 2.48. The minimum Gasteiger partial charge on any atom is -0.372 e. The van der Waals surface area contributed by atoms with E-state index in [0.717, 1.165) is 0 Å². The maximum Gasteiger partial charge on any atom is 0.242 e. The van der Waals surface area contributed by atoms with Gasteiger partial charge in [0.1, 0.15) is 5.41 Å². The van der Waals surface area contributed by atoms with Crippen molar-refractivity contribution in [3.8, 4) is 17.9 Å². The number of primary amides is 1. The fourth-order valence-corrected chi connectivity index (χ4v) is 2.27. The molecule has 2 rings (SSSR count). The number of benzene rings is 1. The van der Waals surface area contributed by atoms with Crippen molar-refractivity contribution in [1.29, 1.82) is 5.26 Å². The van der Waals surface area contributed by atoms with Crippen LogP contribution >= 0.6 is 0 Å². The molecule has 0 heterocycles. The molecule has 0 unspecified atom stereocenters. The van der Waals surface area contributed by atoms with E-state index >= 15 is 0 Å². The number of rotatable bonds is 3. The molecular formula is C17H16N2O2. The second-order valence-electron chi connectivity index (χ2n) is 5.25. The van der Waals surface area contributed by atoms with Crippen LogP contribution in [0.15, 0.2) is 42.0 Å². The van der Waals surface area contributed by atoms with Crippen molar-refractivity contribution in [3.63, 3.8) is 0 Å². The van der Waals surface area contributed by atoms with E-state index in [4.69, 9.17) is 5.73 Å². The summed E-state index contributed by atoms with van der Waals surface area (Å²) in [7, 11) is 0. The molecule has 0 bridgehead atoms. The van der Waals surface area contributed by atoms with E-state index in [1.54, 1.807) is 31.2 Å². The molecule has 0 aliphatic heterocycles. The van der Waals surface area contributed by atoms with Crippen LogP contribution in [0.1, 0.15) is 25.3 Å². The lowest BCUT2D eigenvalue weighted by Crippen LogP contribution is -2.34. The summed E-state index contributed by atoms with van der Waals surface area (Å²) in [5.41, 5.74) is 3.68. The van der Waals surface area contributed by atoms with Gasteiger partial charge in [-0.2, -0.15) is 5.26 Å². The summed E-state index contributed by atoms with van der Waals surface area (Å²) in [4.78, 5) is 10.8. The molecule has 0 aromatic heterocycles. The van der Waals surface area contributed by atoms with Crippen LogP contribution in [0.4, 0.5) is 0 Å². The van der Waals surface area contributed by atoms with Gasteiger partial charge in [0.05, 0.1) is 6.07 Å². The SMILES string of the molecule is C/C(C#C[C@](O)(c1ccccc1)C1(C#N)CC1)=C/C(N)=O. The molecule has 106 valence electrons. The largest absolute Gasteiger partial charge is 0.372 e. The standard InChI is InChI=1S/C17H16N2O2/c1-13(11-15(19)20)7-8-17(21,16(12-18)9-10-16)14-5-3-2-4-6-14/h2-6,11,21H,9-10H2,1H3,(H2,19,20)/b13-11-/t17-/m0/s1. The van der Waals surface area contributed by atoms with Crippen molar-refractivity contribution in [2.75, 3.05) is 0 Å². The molecule has 4 heteroatoms. The predicted molar refractivity (Wildman–Crippen MR) is 78.3 cm³/mol. The number of carbonyl (C=O) groups excluding carboxylic acids is 1. The van der Waals surface area contributed by atoms with Crippen LogP contribution in [0, 0.1) is 28.6 Å². The first-order chi connectivity index (χ1) is 9.93. The average Bonchev–Trinajstić information content (AvgIpc) is 3.26. The van der Waals surface area contributed by atoms with Gasteiger partial charge < -0.3 is 10.8 Å². The quantitative estimate of drug-likeness (QED) is 0.651. The minimum atomic E-state index is -1.55. The first kappa shape index (κ1) is 14.8. The summed E-state index contributed by atoms with van der Waals surface area (Å²) in [5.74, 6) is 4.93. The fraction of sp³-hybridized carbons (Fsp3) is 0.294. The van der Waals surface area contributed by atoms with E-state index < -0.39 is 16.9 Å². The first-order valence-corrected chi connectivity index (χ1v) is 6.64. The molecular weight excluding hydrogens is 264 g/mol. The molecule has 21 heavy (non-hydrogen) atoms. The molecule has 1 saturated carbocycles. The van der Waals surface area contributed by atoms with Gasteiger partial charge in [-0.1, -0.05) is 42.2 Å². The van der Waals surface area contributed by atoms with E-state index in [0.29, 0.717) is 24.0 Å². The van der Waals surface area contributed by atoms with Crippen molar-refractivity contribution in [1.82, 2.24) is 0 Å². The lowest BCUT2D eigenvalue weighted by molar-refractivity contribution is -0.113. The zero-order valence-electron chi connectivity index (χ0n) is 11.8. The summed E-state index contributed by atoms with van der Waals surface area (Å²) >= 11 is 0. The molecule has 1 aliphatic carbocycles. The Labute approximate surface area is 123 Å². The highest BCUT2D eigenvalue weighted by Crippen LogP contribution is 2.57. The molecule has 1 amide bonds. The smallest absolute Gasteiger partial charge is 0.242 e. The fourth-order valence-electron chi connectivity index (χ4n) is 2.27. The highest BCUT2D eigenvalue weighted by molar-refractivity contribution is 5.87. The second kappa shape index (κ2) is 5.44. The van der Waals surface area contributed by atoms with Crippen LogP contribution in [0.5, 0.6) is 0 Å². The maximum absolute atomic E-state index is 11.0. The lowest BCUT2D eigenvalue weighted by Gasteiger charge is -2.27. The third-order valence-corrected chi connectivity index (χ3v) is 3.65. The molecule has 0 spiro atoms. The molecule has 4 nitrogen and oxygen atoms in total. The lowest BCUT2D eigenvalue weighted by atomic mass is 9.79. The van der Waals surface area contributed by atoms with Crippen LogP contribution in [0.25, 0.3) is 0 Å². The summed E-state index contributed by atoms with van der Waals surface area (Å²) in [6.45, 7) is 1.63. The molecule has 1 aromatic rings. The normalized spacial score (nSPS) is 18.6. The maximum atomic E-state index is 11.0. The van der Waals surface area contributed by atoms with Crippen molar-refractivity contribution in [2.45, 2.75) is 25.4 Å². The number of amides is 1. The first-order valence-electron chi connectivity index (χ1n) is 6.64. The van der Waals surface area contributed by atoms with E-state index in [1.165, 1.54) is 6.08 Å². The Morgan fingerprint density at radius 2 is 2.05 bits per heavy atom. The number of hydrogen-bond donors (Lipinski definition) is 2. The molecule has 1 aromatic carbocycles. The Morgan fingerprint density at radius 1 is 1.43 bits per heavy atom. The van der Waals surface area contributed by atoms with Crippen molar-refractivity contribution >= 4 is 5.91 Å². The Kier molecular flexibility index (Phi) is 3.84. The highest BCUT2D eigenvalue weighted by atomic mass is 16.3. The number of aliphatic hydroxyl groups is 1. The Hall–Kier alpha value is -2.56. The van der Waals surface area contributed by atoms with Gasteiger partial charge in [-0.25, -0.2) is 0 Å². The van der Waals surface area contributed by atoms with E-state index in [9.17, 15) is 15.2 Å². The van der Waals surface area contributed by atoms with Crippen LogP contribution in [-0.2, 0) is 10.4 Å². The molecule has 1 atom stereocenters. The van der Waals surface area contributed by atoms with E-state index in [1.807, 2.05) is 6.07 Å². The average molecular weight is 280 g/mol. The summed E-state index contributed by atoms with van der Waals surface area (Å²) in [6, 6.07) is 11.1. The van der Waals surface area contributed by atoms with Gasteiger partial charge in [0.25, 0.3) is 0 Å². The molecule has 0 radical (unpaired) electrons. The van der Waals surface area contributed by atoms with Gasteiger partial charge in [-0.3, -0.25) is 4.79 Å². The van der Waals surface area contributed by atoms with Gasteiger partial charge >= 0.3 is 0 Å². The van der Waals surface area contributed by atoms with Crippen LogP contribution < -0.4 is 5.73 Å². The number of nitrogens with two attached hydrogens (primary N) is 1. The van der Waals surface area contributed by atoms with Crippen molar-refractivity contribution in [3.05, 3.63) is 47.5 Å².